The van der Waals surface area contributed by atoms with E-state index < -0.39 is 0 Å². The van der Waals surface area contributed by atoms with Gasteiger partial charge in [0.05, 0.1) is 0 Å². The van der Waals surface area contributed by atoms with E-state index in [1.54, 1.807) is 0 Å². The van der Waals surface area contributed by atoms with Crippen molar-refractivity contribution in [1.29, 1.82) is 0 Å². The Bertz CT molecular complexity index is 139. The van der Waals surface area contributed by atoms with Gasteiger partial charge in [-0.05, 0) is 15.5 Å². The molecule has 0 aliphatic carbocycles. The third-order valence-corrected chi connectivity index (χ3v) is 6.04. The number of halogens is 1. The molecule has 0 atom stereocenters. The molecule has 0 nitrogen and oxygen atoms in total. The number of rotatable bonds is 0. The largest absolute Gasteiger partial charge is 1.00 e. The molecule has 0 amide bonds. The molecular weight excluding hydrogens is 329 g/mol. The van der Waals surface area contributed by atoms with E-state index in [1.807, 2.05) is 5.40 Å². The van der Waals surface area contributed by atoms with Gasteiger partial charge in [-0.1, -0.05) is 70.2 Å². The van der Waals surface area contributed by atoms with Crippen LogP contribution >= 0.6 is 7.92 Å². The van der Waals surface area contributed by atoms with Crippen molar-refractivity contribution in [3.05, 3.63) is 0 Å². The van der Waals surface area contributed by atoms with E-state index in [-0.39, 0.29) is 20.3 Å². The molecule has 0 radical (unpaired) electrons. The van der Waals surface area contributed by atoms with E-state index in [4.69, 9.17) is 0 Å². The summed E-state index contributed by atoms with van der Waals surface area (Å²) in [4.78, 5) is 0. The van der Waals surface area contributed by atoms with Gasteiger partial charge in [0.2, 0.25) is 0 Å². The predicted molar refractivity (Wildman–Crippen MR) is 72.0 cm³/mol. The van der Waals surface area contributed by atoms with Gasteiger partial charge in [-0.3, -0.25) is 0 Å². The van der Waals surface area contributed by atoms with Crippen LogP contribution in [0.2, 0.25) is 5.40 Å². The summed E-state index contributed by atoms with van der Waals surface area (Å²) in [6, 6.07) is 0. The van der Waals surface area contributed by atoms with Crippen molar-refractivity contribution in [3.63, 3.8) is 0 Å². The monoisotopic (exact) mass is 358 g/mol. The predicted octanol–water partition coefficient (Wildman–Crippen LogP) is 2.45. The van der Waals surface area contributed by atoms with Crippen molar-refractivity contribution in [3.8, 4) is 0 Å². The van der Waals surface area contributed by atoms with E-state index >= 15 is 0 Å². The Balaban J connectivity index is -0.000000529. The summed E-state index contributed by atoms with van der Waals surface area (Å²) in [6.07, 6.45) is 0. The molecule has 104 valence electrons. The molecular formula is C13H30ClPPd. The van der Waals surface area contributed by atoms with Crippen LogP contribution in [-0.2, 0) is 19.2 Å². The fourth-order valence-electron chi connectivity index (χ4n) is 3.02. The van der Waals surface area contributed by atoms with Gasteiger partial charge in [0.25, 0.3) is 0 Å². The first kappa shape index (κ1) is 22.6. The zero-order valence-electron chi connectivity index (χ0n) is 12.6. The molecule has 0 N–H and O–H groups in total. The molecule has 0 spiro atoms. The zero-order valence-corrected chi connectivity index (χ0v) is 15.8. The molecule has 0 aromatic heterocycles. The van der Waals surface area contributed by atoms with Crippen LogP contribution < -0.4 is 12.4 Å². The first-order chi connectivity index (χ1) is 6.37. The smallest absolute Gasteiger partial charge is 1.00 e. The second-order valence-corrected chi connectivity index (χ2v) is 11.5. The molecule has 0 saturated heterocycles. The van der Waals surface area contributed by atoms with Crippen LogP contribution in [-0.4, -0.2) is 15.5 Å². The van der Waals surface area contributed by atoms with Crippen LogP contribution in [0.1, 0.15) is 62.3 Å². The topological polar surface area (TPSA) is 0 Å². The minimum Gasteiger partial charge on any atom is -1.00 e. The summed E-state index contributed by atoms with van der Waals surface area (Å²) in [5.41, 5.74) is 0. The summed E-state index contributed by atoms with van der Waals surface area (Å²) in [7, 11) is 0.0162. The van der Waals surface area contributed by atoms with E-state index in [0.717, 1.165) is 0 Å². The van der Waals surface area contributed by atoms with Crippen molar-refractivity contribution < 1.29 is 31.6 Å². The van der Waals surface area contributed by atoms with Gasteiger partial charge in [-0.15, -0.1) is 0 Å². The van der Waals surface area contributed by atoms with Crippen LogP contribution in [0.5, 0.6) is 0 Å². The van der Waals surface area contributed by atoms with Crippen LogP contribution in [0, 0.1) is 0 Å². The molecule has 0 fully saturated rings. The van der Waals surface area contributed by atoms with Gasteiger partial charge in [-0.25, -0.2) is 0 Å². The third kappa shape index (κ3) is 8.47. The molecule has 3 heteroatoms. The molecule has 0 heterocycles. The maximum Gasteiger partial charge on any atom is -1.00 e. The van der Waals surface area contributed by atoms with Gasteiger partial charge in [0.15, 0.2) is 0 Å². The van der Waals surface area contributed by atoms with E-state index in [0.29, 0.717) is 15.5 Å². The fraction of sp³-hybridized carbons (Fsp3) is 1.00. The van der Waals surface area contributed by atoms with E-state index in [9.17, 15) is 0 Å². The SMILES string of the molecule is CC(C)(C)P(C(C)(C)C)C(C)(C)C.[CH3][Pd+].[Cl-]. The fourth-order valence-corrected chi connectivity index (χ4v) is 9.06. The maximum atomic E-state index is 2.75. The molecule has 0 aromatic carbocycles. The summed E-state index contributed by atoms with van der Waals surface area (Å²) >= 11 is 2.75. The molecule has 16 heavy (non-hydrogen) atoms. The minimum atomic E-state index is 0. The van der Waals surface area contributed by atoms with Crippen LogP contribution in [0.15, 0.2) is 0 Å². The van der Waals surface area contributed by atoms with Gasteiger partial charge in [0.1, 0.15) is 0 Å². The summed E-state index contributed by atoms with van der Waals surface area (Å²) < 4.78 is 0. The van der Waals surface area contributed by atoms with Gasteiger partial charge >= 0.3 is 24.6 Å². The first-order valence-electron chi connectivity index (χ1n) is 5.49. The number of hydrogen-bond acceptors (Lipinski definition) is 0. The average molecular weight is 359 g/mol. The molecule has 0 unspecified atom stereocenters. The Morgan fingerprint density at radius 1 is 0.562 bits per heavy atom. The summed E-state index contributed by atoms with van der Waals surface area (Å²) in [5, 5.41) is 3.20. The minimum absolute atomic E-state index is 0. The average Bonchev–Trinajstić information content (AvgIpc) is 1.79. The van der Waals surface area contributed by atoms with Crippen molar-refractivity contribution in [1.82, 2.24) is 0 Å². The van der Waals surface area contributed by atoms with Crippen LogP contribution in [0.4, 0.5) is 0 Å². The first-order valence-corrected chi connectivity index (χ1v) is 8.38. The van der Waals surface area contributed by atoms with Crippen LogP contribution in [0.3, 0.4) is 0 Å². The Morgan fingerprint density at radius 2 is 0.688 bits per heavy atom. The van der Waals surface area contributed by atoms with Crippen LogP contribution in [0.25, 0.3) is 0 Å². The molecule has 0 rings (SSSR count). The van der Waals surface area contributed by atoms with Crippen molar-refractivity contribution >= 4 is 7.92 Å². The standard InChI is InChI=1S/C12H27P.CH3.ClH.Pd/c1-10(2,3)13(11(4,5)6)12(7,8)9;;;/h1-9H3;1H3;1H;/q;;;+1/p-1. The second-order valence-electron chi connectivity index (χ2n) is 6.85. The molecule has 0 aliphatic heterocycles. The van der Waals surface area contributed by atoms with E-state index in [2.05, 4.69) is 81.5 Å². The molecule has 0 bridgehead atoms. The molecule has 0 aliphatic rings. The quantitative estimate of drug-likeness (QED) is 0.461. The normalized spacial score (nSPS) is 12.8. The summed E-state index contributed by atoms with van der Waals surface area (Å²) in [5.74, 6) is 0. The Kier molecular flexibility index (Phi) is 10.9. The molecule has 0 saturated carbocycles. The van der Waals surface area contributed by atoms with Crippen molar-refractivity contribution in [2.75, 3.05) is 0 Å². The van der Waals surface area contributed by atoms with E-state index in [1.165, 1.54) is 0 Å². The van der Waals surface area contributed by atoms with Crippen molar-refractivity contribution in [2.45, 2.75) is 83.2 Å². The van der Waals surface area contributed by atoms with Crippen molar-refractivity contribution in [2.24, 2.45) is 0 Å². The number of hydrogen-bond donors (Lipinski definition) is 0. The Morgan fingerprint density at radius 3 is 0.688 bits per heavy atom. The van der Waals surface area contributed by atoms with Gasteiger partial charge in [-0.2, -0.15) is 0 Å². The molecule has 0 aromatic rings. The third-order valence-electron chi connectivity index (χ3n) is 2.01. The summed E-state index contributed by atoms with van der Waals surface area (Å²) in [6.45, 7) is 21.5. The maximum absolute atomic E-state index is 2.75. The Hall–Kier alpha value is 1.38. The van der Waals surface area contributed by atoms with Gasteiger partial charge < -0.3 is 12.4 Å². The Labute approximate surface area is 122 Å². The van der Waals surface area contributed by atoms with Gasteiger partial charge in [0, 0.05) is 0 Å². The second kappa shape index (κ2) is 7.74. The zero-order chi connectivity index (χ0) is 13.1.